The molecule has 1 atom stereocenters. The number of quaternary nitrogens is 1. The molecule has 152 valence electrons. The SMILES string of the molecule is O[C@@H](CSc1ccccc1)C[NH+]1CCC(Nc2nccc(C(F)(F)F)n2)CC1. The summed E-state index contributed by atoms with van der Waals surface area (Å²) in [4.78, 5) is 9.91. The highest BCUT2D eigenvalue weighted by molar-refractivity contribution is 7.99. The number of hydrogen-bond donors (Lipinski definition) is 3. The molecular formula is C19H24F3N4OS+. The number of thioether (sulfide) groups is 1. The van der Waals surface area contributed by atoms with Crippen LogP contribution in [0.1, 0.15) is 18.5 Å². The van der Waals surface area contributed by atoms with Crippen molar-refractivity contribution in [3.8, 4) is 0 Å². The third-order valence-corrected chi connectivity index (χ3v) is 5.84. The van der Waals surface area contributed by atoms with Crippen LogP contribution in [0.15, 0.2) is 47.5 Å². The van der Waals surface area contributed by atoms with Crippen molar-refractivity contribution in [3.63, 3.8) is 0 Å². The summed E-state index contributed by atoms with van der Waals surface area (Å²) >= 11 is 1.64. The van der Waals surface area contributed by atoms with Crippen LogP contribution in [0, 0.1) is 0 Å². The summed E-state index contributed by atoms with van der Waals surface area (Å²) in [5.41, 5.74) is -0.938. The first-order valence-electron chi connectivity index (χ1n) is 9.26. The maximum Gasteiger partial charge on any atom is 0.433 e. The molecule has 0 radical (unpaired) electrons. The monoisotopic (exact) mass is 413 g/mol. The van der Waals surface area contributed by atoms with Gasteiger partial charge in [-0.3, -0.25) is 0 Å². The topological polar surface area (TPSA) is 62.5 Å². The number of nitrogens with zero attached hydrogens (tertiary/aromatic N) is 2. The maximum atomic E-state index is 12.7. The van der Waals surface area contributed by atoms with Gasteiger partial charge in [0.2, 0.25) is 5.95 Å². The summed E-state index contributed by atoms with van der Waals surface area (Å²) in [7, 11) is 0. The van der Waals surface area contributed by atoms with Crippen molar-refractivity contribution in [2.24, 2.45) is 0 Å². The average Bonchev–Trinajstić information content (AvgIpc) is 2.68. The number of alkyl halides is 3. The van der Waals surface area contributed by atoms with Crippen molar-refractivity contribution in [1.29, 1.82) is 0 Å². The first-order valence-corrected chi connectivity index (χ1v) is 10.2. The third-order valence-electron chi connectivity index (χ3n) is 4.68. The van der Waals surface area contributed by atoms with Crippen molar-refractivity contribution >= 4 is 17.7 Å². The van der Waals surface area contributed by atoms with Crippen LogP contribution in [0.3, 0.4) is 0 Å². The zero-order valence-corrected chi connectivity index (χ0v) is 16.1. The minimum absolute atomic E-state index is 0.0163. The van der Waals surface area contributed by atoms with E-state index in [0.29, 0.717) is 12.3 Å². The Labute approximate surface area is 166 Å². The van der Waals surface area contributed by atoms with E-state index in [1.165, 1.54) is 4.90 Å². The second kappa shape index (κ2) is 9.58. The highest BCUT2D eigenvalue weighted by atomic mass is 32.2. The smallest absolute Gasteiger partial charge is 0.386 e. The maximum absolute atomic E-state index is 12.7. The van der Waals surface area contributed by atoms with E-state index in [9.17, 15) is 18.3 Å². The molecular weight excluding hydrogens is 389 g/mol. The molecule has 0 bridgehead atoms. The lowest BCUT2D eigenvalue weighted by Gasteiger charge is -2.31. The van der Waals surface area contributed by atoms with Gasteiger partial charge in [0.25, 0.3) is 0 Å². The van der Waals surface area contributed by atoms with Crippen molar-refractivity contribution < 1.29 is 23.2 Å². The summed E-state index contributed by atoms with van der Waals surface area (Å²) < 4.78 is 38.2. The molecule has 3 N–H and O–H groups in total. The molecule has 1 aliphatic heterocycles. The van der Waals surface area contributed by atoms with Gasteiger partial charge in [0.15, 0.2) is 0 Å². The molecule has 9 heteroatoms. The number of piperidine rings is 1. The Bertz CT molecular complexity index is 739. The Morgan fingerprint density at radius 1 is 1.18 bits per heavy atom. The molecule has 1 aromatic carbocycles. The van der Waals surface area contributed by atoms with Gasteiger partial charge in [-0.2, -0.15) is 13.2 Å². The fourth-order valence-electron chi connectivity index (χ4n) is 3.24. The Balaban J connectivity index is 1.41. The Kier molecular flexibility index (Phi) is 7.14. The molecule has 2 heterocycles. The number of likely N-dealkylation sites (tertiary alicyclic amines) is 1. The molecule has 0 saturated carbocycles. The average molecular weight is 413 g/mol. The van der Waals surface area contributed by atoms with Crippen LogP contribution < -0.4 is 10.2 Å². The summed E-state index contributed by atoms with van der Waals surface area (Å²) in [5.74, 6) is 0.662. The Hall–Kier alpha value is -1.84. The van der Waals surface area contributed by atoms with Crippen LogP contribution in [0.5, 0.6) is 0 Å². The zero-order chi connectivity index (χ0) is 20.0. The van der Waals surface area contributed by atoms with E-state index in [-0.39, 0.29) is 12.0 Å². The standard InChI is InChI=1S/C19H23F3N4OS/c20-19(21,22)17-6-9-23-18(25-17)24-14-7-10-26(11-8-14)12-15(27)13-28-16-4-2-1-3-5-16/h1-6,9,14-15,27H,7-8,10-13H2,(H,23,24,25)/p+1/t15-/m1/s1. The molecule has 5 nitrogen and oxygen atoms in total. The quantitative estimate of drug-likeness (QED) is 0.607. The minimum Gasteiger partial charge on any atom is -0.386 e. The number of nitrogens with one attached hydrogen (secondary N) is 2. The Morgan fingerprint density at radius 2 is 1.89 bits per heavy atom. The number of rotatable bonds is 7. The van der Waals surface area contributed by atoms with E-state index in [1.807, 2.05) is 30.3 Å². The summed E-state index contributed by atoms with van der Waals surface area (Å²) in [5, 5.41) is 13.3. The first kappa shape index (κ1) is 20.9. The lowest BCUT2D eigenvalue weighted by molar-refractivity contribution is -0.907. The van der Waals surface area contributed by atoms with Crippen molar-refractivity contribution in [1.82, 2.24) is 9.97 Å². The van der Waals surface area contributed by atoms with E-state index >= 15 is 0 Å². The molecule has 0 spiro atoms. The number of aromatic nitrogens is 2. The van der Waals surface area contributed by atoms with Gasteiger partial charge in [0.1, 0.15) is 18.3 Å². The number of benzene rings is 1. The zero-order valence-electron chi connectivity index (χ0n) is 15.3. The molecule has 0 amide bonds. The van der Waals surface area contributed by atoms with Gasteiger partial charge in [0, 0.05) is 35.7 Å². The number of aliphatic hydroxyl groups is 1. The largest absolute Gasteiger partial charge is 0.433 e. The molecule has 1 fully saturated rings. The molecule has 28 heavy (non-hydrogen) atoms. The number of hydrogen-bond acceptors (Lipinski definition) is 5. The van der Waals surface area contributed by atoms with Gasteiger partial charge in [-0.1, -0.05) is 18.2 Å². The fraction of sp³-hybridized carbons (Fsp3) is 0.474. The van der Waals surface area contributed by atoms with Crippen LogP contribution in [0.4, 0.5) is 19.1 Å². The number of aliphatic hydroxyl groups excluding tert-OH is 1. The predicted molar refractivity (Wildman–Crippen MR) is 102 cm³/mol. The van der Waals surface area contributed by atoms with Crippen LogP contribution in [-0.2, 0) is 6.18 Å². The van der Waals surface area contributed by atoms with E-state index in [2.05, 4.69) is 15.3 Å². The second-order valence-corrected chi connectivity index (χ2v) is 8.01. The lowest BCUT2D eigenvalue weighted by Crippen LogP contribution is -3.14. The van der Waals surface area contributed by atoms with E-state index in [0.717, 1.165) is 43.1 Å². The van der Waals surface area contributed by atoms with Crippen LogP contribution in [0.25, 0.3) is 0 Å². The summed E-state index contributed by atoms with van der Waals surface area (Å²) in [6.45, 7) is 2.37. The van der Waals surface area contributed by atoms with Gasteiger partial charge in [-0.15, -0.1) is 11.8 Å². The predicted octanol–water partition coefficient (Wildman–Crippen LogP) is 2.11. The molecule has 0 aliphatic carbocycles. The molecule has 1 aliphatic rings. The molecule has 1 aromatic heterocycles. The van der Waals surface area contributed by atoms with Gasteiger partial charge in [-0.05, 0) is 18.2 Å². The number of anilines is 1. The van der Waals surface area contributed by atoms with Gasteiger partial charge in [0.05, 0.1) is 13.1 Å². The van der Waals surface area contributed by atoms with Crippen LogP contribution in [-0.4, -0.2) is 52.6 Å². The summed E-state index contributed by atoms with van der Waals surface area (Å²) in [6, 6.07) is 10.9. The third kappa shape index (κ3) is 6.35. The first-order chi connectivity index (χ1) is 13.4. The van der Waals surface area contributed by atoms with Crippen LogP contribution in [0.2, 0.25) is 0 Å². The van der Waals surface area contributed by atoms with Gasteiger partial charge < -0.3 is 15.3 Å². The molecule has 2 aromatic rings. The fourth-order valence-corrected chi connectivity index (χ4v) is 4.10. The highest BCUT2D eigenvalue weighted by Gasteiger charge is 2.33. The van der Waals surface area contributed by atoms with Crippen molar-refractivity contribution in [2.45, 2.75) is 36.1 Å². The minimum atomic E-state index is -4.47. The van der Waals surface area contributed by atoms with Crippen molar-refractivity contribution in [3.05, 3.63) is 48.3 Å². The highest BCUT2D eigenvalue weighted by Crippen LogP contribution is 2.27. The second-order valence-electron chi connectivity index (χ2n) is 6.91. The molecule has 1 saturated heterocycles. The molecule has 0 unspecified atom stereocenters. The van der Waals surface area contributed by atoms with Crippen molar-refractivity contribution in [2.75, 3.05) is 30.7 Å². The summed E-state index contributed by atoms with van der Waals surface area (Å²) in [6.07, 6.45) is -2.14. The Morgan fingerprint density at radius 3 is 2.57 bits per heavy atom. The van der Waals surface area contributed by atoms with E-state index < -0.39 is 18.0 Å². The van der Waals surface area contributed by atoms with Crippen LogP contribution >= 0.6 is 11.8 Å². The van der Waals surface area contributed by atoms with E-state index in [4.69, 9.17) is 0 Å². The van der Waals surface area contributed by atoms with E-state index in [1.54, 1.807) is 11.8 Å². The van der Waals surface area contributed by atoms with Gasteiger partial charge >= 0.3 is 6.18 Å². The van der Waals surface area contributed by atoms with Gasteiger partial charge in [-0.25, -0.2) is 9.97 Å². The normalized spacial score (nSPS) is 21.3. The number of halogens is 3. The lowest BCUT2D eigenvalue weighted by atomic mass is 10.0. The molecule has 3 rings (SSSR count).